The molecule has 29 heavy (non-hydrogen) atoms. The molecule has 0 bridgehead atoms. The summed E-state index contributed by atoms with van der Waals surface area (Å²) in [6, 6.07) is 8.23. The SMILES string of the molecule is COCCNC(=O)c1sc2ccccc2c1[C@@H]1CCN(C(=O)CC2CCCC2)C1. The van der Waals surface area contributed by atoms with Crippen molar-refractivity contribution >= 4 is 33.2 Å². The summed E-state index contributed by atoms with van der Waals surface area (Å²) < 4.78 is 6.19. The van der Waals surface area contributed by atoms with Crippen LogP contribution in [0.5, 0.6) is 0 Å². The van der Waals surface area contributed by atoms with Gasteiger partial charge < -0.3 is 15.0 Å². The van der Waals surface area contributed by atoms with Crippen molar-refractivity contribution in [2.75, 3.05) is 33.4 Å². The number of nitrogens with one attached hydrogen (secondary N) is 1. The second-order valence-corrected chi connectivity index (χ2v) is 9.32. The lowest BCUT2D eigenvalue weighted by Crippen LogP contribution is -2.30. The number of amides is 2. The van der Waals surface area contributed by atoms with E-state index in [2.05, 4.69) is 17.4 Å². The lowest BCUT2D eigenvalue weighted by atomic mass is 9.95. The van der Waals surface area contributed by atoms with Gasteiger partial charge in [-0.15, -0.1) is 11.3 Å². The fourth-order valence-corrected chi connectivity index (χ4v) is 6.01. The first-order chi connectivity index (χ1) is 14.2. The Kier molecular flexibility index (Phi) is 6.50. The van der Waals surface area contributed by atoms with Crippen molar-refractivity contribution in [2.45, 2.75) is 44.4 Å². The van der Waals surface area contributed by atoms with Gasteiger partial charge in [-0.05, 0) is 42.2 Å². The van der Waals surface area contributed by atoms with Crippen LogP contribution in [0.2, 0.25) is 0 Å². The van der Waals surface area contributed by atoms with Crippen LogP contribution in [0.1, 0.15) is 59.7 Å². The van der Waals surface area contributed by atoms with E-state index < -0.39 is 0 Å². The van der Waals surface area contributed by atoms with E-state index in [9.17, 15) is 9.59 Å². The highest BCUT2D eigenvalue weighted by Gasteiger charge is 2.33. The Morgan fingerprint density at radius 3 is 2.79 bits per heavy atom. The number of benzene rings is 1. The van der Waals surface area contributed by atoms with Crippen molar-refractivity contribution < 1.29 is 14.3 Å². The fraction of sp³-hybridized carbons (Fsp3) is 0.565. The minimum atomic E-state index is -0.0333. The van der Waals surface area contributed by atoms with Crippen molar-refractivity contribution in [1.29, 1.82) is 0 Å². The van der Waals surface area contributed by atoms with Crippen molar-refractivity contribution in [1.82, 2.24) is 10.2 Å². The monoisotopic (exact) mass is 414 g/mol. The summed E-state index contributed by atoms with van der Waals surface area (Å²) in [4.78, 5) is 28.5. The third-order valence-corrected chi connectivity index (χ3v) is 7.50. The van der Waals surface area contributed by atoms with E-state index in [4.69, 9.17) is 4.74 Å². The molecule has 1 aromatic carbocycles. The topological polar surface area (TPSA) is 58.6 Å². The maximum Gasteiger partial charge on any atom is 0.261 e. The van der Waals surface area contributed by atoms with Crippen LogP contribution < -0.4 is 5.32 Å². The standard InChI is InChI=1S/C23H30N2O3S/c1-28-13-11-24-23(27)22-21(18-8-4-5-9-19(18)29-22)17-10-12-25(15-17)20(26)14-16-6-2-3-7-16/h4-5,8-9,16-17H,2-3,6-7,10-15H2,1H3,(H,24,27)/t17-/m1/s1. The van der Waals surface area contributed by atoms with Crippen molar-refractivity contribution in [3.63, 3.8) is 0 Å². The molecule has 2 aromatic rings. The molecule has 1 aromatic heterocycles. The Balaban J connectivity index is 1.52. The van der Waals surface area contributed by atoms with Gasteiger partial charge in [-0.2, -0.15) is 0 Å². The van der Waals surface area contributed by atoms with Gasteiger partial charge in [-0.1, -0.05) is 31.0 Å². The zero-order valence-corrected chi connectivity index (χ0v) is 17.9. The number of fused-ring (bicyclic) bond motifs is 1. The molecule has 2 amide bonds. The number of ether oxygens (including phenoxy) is 1. The van der Waals surface area contributed by atoms with Crippen LogP contribution in [0.3, 0.4) is 0 Å². The summed E-state index contributed by atoms with van der Waals surface area (Å²) in [5.41, 5.74) is 1.12. The van der Waals surface area contributed by atoms with Gasteiger partial charge in [0.25, 0.3) is 5.91 Å². The number of methoxy groups -OCH3 is 1. The quantitative estimate of drug-likeness (QED) is 0.692. The van der Waals surface area contributed by atoms with Crippen LogP contribution in [-0.2, 0) is 9.53 Å². The van der Waals surface area contributed by atoms with Gasteiger partial charge in [0.1, 0.15) is 0 Å². The molecule has 2 fully saturated rings. The van der Waals surface area contributed by atoms with Crippen LogP contribution in [0.25, 0.3) is 10.1 Å². The van der Waals surface area contributed by atoms with Gasteiger partial charge in [0.2, 0.25) is 5.91 Å². The summed E-state index contributed by atoms with van der Waals surface area (Å²) in [6.45, 7) is 2.52. The molecule has 4 rings (SSSR count). The molecule has 0 radical (unpaired) electrons. The Labute approximate surface area is 176 Å². The minimum Gasteiger partial charge on any atom is -0.383 e. The summed E-state index contributed by atoms with van der Waals surface area (Å²) in [6.07, 6.45) is 6.55. The Bertz CT molecular complexity index is 872. The lowest BCUT2D eigenvalue weighted by molar-refractivity contribution is -0.131. The lowest BCUT2D eigenvalue weighted by Gasteiger charge is -2.19. The van der Waals surface area contributed by atoms with Gasteiger partial charge in [-0.25, -0.2) is 0 Å². The number of carbonyl (C=O) groups excluding carboxylic acids is 2. The molecule has 156 valence electrons. The highest BCUT2D eigenvalue weighted by Crippen LogP contribution is 2.40. The molecule has 6 heteroatoms. The molecule has 1 atom stereocenters. The predicted molar refractivity (Wildman–Crippen MR) is 117 cm³/mol. The molecular formula is C23H30N2O3S. The summed E-state index contributed by atoms with van der Waals surface area (Å²) in [7, 11) is 1.63. The first kappa shape index (κ1) is 20.4. The zero-order valence-electron chi connectivity index (χ0n) is 17.1. The summed E-state index contributed by atoms with van der Waals surface area (Å²) in [5, 5.41) is 4.13. The Morgan fingerprint density at radius 1 is 1.21 bits per heavy atom. The van der Waals surface area contributed by atoms with E-state index in [1.165, 1.54) is 25.7 Å². The normalized spacial score (nSPS) is 19.9. The van der Waals surface area contributed by atoms with Gasteiger partial charge in [0.15, 0.2) is 0 Å². The highest BCUT2D eigenvalue weighted by atomic mass is 32.1. The summed E-state index contributed by atoms with van der Waals surface area (Å²) >= 11 is 1.56. The van der Waals surface area contributed by atoms with E-state index in [-0.39, 0.29) is 11.8 Å². The number of hydrogen-bond acceptors (Lipinski definition) is 4. The average molecular weight is 415 g/mol. The van der Waals surface area contributed by atoms with Gasteiger partial charge in [0, 0.05) is 43.8 Å². The third-order valence-electron chi connectivity index (χ3n) is 6.32. The van der Waals surface area contributed by atoms with Crippen LogP contribution in [0.15, 0.2) is 24.3 Å². The third kappa shape index (κ3) is 4.48. The van der Waals surface area contributed by atoms with Crippen LogP contribution in [-0.4, -0.2) is 50.1 Å². The Morgan fingerprint density at radius 2 is 2.00 bits per heavy atom. The van der Waals surface area contributed by atoms with Crippen molar-refractivity contribution in [3.8, 4) is 0 Å². The van der Waals surface area contributed by atoms with E-state index in [0.717, 1.165) is 40.0 Å². The highest BCUT2D eigenvalue weighted by molar-refractivity contribution is 7.21. The smallest absolute Gasteiger partial charge is 0.261 e. The van der Waals surface area contributed by atoms with Gasteiger partial charge >= 0.3 is 0 Å². The maximum atomic E-state index is 12.9. The molecule has 0 unspecified atom stereocenters. The summed E-state index contributed by atoms with van der Waals surface area (Å²) in [5.74, 6) is 1.06. The molecule has 2 heterocycles. The molecule has 1 saturated carbocycles. The minimum absolute atomic E-state index is 0.0333. The first-order valence-corrected chi connectivity index (χ1v) is 11.6. The van der Waals surface area contributed by atoms with E-state index >= 15 is 0 Å². The van der Waals surface area contributed by atoms with Crippen LogP contribution in [0.4, 0.5) is 0 Å². The molecule has 5 nitrogen and oxygen atoms in total. The number of carbonyl (C=O) groups is 2. The fourth-order valence-electron chi connectivity index (χ4n) is 4.80. The van der Waals surface area contributed by atoms with Crippen LogP contribution >= 0.6 is 11.3 Å². The number of rotatable bonds is 7. The molecular weight excluding hydrogens is 384 g/mol. The van der Waals surface area contributed by atoms with E-state index in [1.54, 1.807) is 18.4 Å². The molecule has 1 aliphatic carbocycles. The van der Waals surface area contributed by atoms with Gasteiger partial charge in [-0.3, -0.25) is 9.59 Å². The van der Waals surface area contributed by atoms with E-state index in [1.807, 2.05) is 17.0 Å². The maximum absolute atomic E-state index is 12.9. The number of nitrogens with zero attached hydrogens (tertiary/aromatic N) is 1. The Hall–Kier alpha value is -1.92. The number of likely N-dealkylation sites (tertiary alicyclic amines) is 1. The number of hydrogen-bond donors (Lipinski definition) is 1. The molecule has 0 spiro atoms. The van der Waals surface area contributed by atoms with Gasteiger partial charge in [0.05, 0.1) is 11.5 Å². The molecule has 1 N–H and O–H groups in total. The molecule has 1 aliphatic heterocycles. The molecule has 2 aliphatic rings. The first-order valence-electron chi connectivity index (χ1n) is 10.7. The number of thiophene rings is 1. The van der Waals surface area contributed by atoms with Crippen molar-refractivity contribution in [2.24, 2.45) is 5.92 Å². The van der Waals surface area contributed by atoms with E-state index in [0.29, 0.717) is 31.4 Å². The van der Waals surface area contributed by atoms with Crippen molar-refractivity contribution in [3.05, 3.63) is 34.7 Å². The average Bonchev–Trinajstić information content (AvgIpc) is 3.46. The second kappa shape index (κ2) is 9.26. The molecule has 1 saturated heterocycles. The predicted octanol–water partition coefficient (Wildman–Crippen LogP) is 4.17. The van der Waals surface area contributed by atoms with Crippen LogP contribution in [0, 0.1) is 5.92 Å². The largest absolute Gasteiger partial charge is 0.383 e. The zero-order chi connectivity index (χ0) is 20.2. The second-order valence-electron chi connectivity index (χ2n) is 8.27.